The van der Waals surface area contributed by atoms with Crippen molar-refractivity contribution in [3.05, 3.63) is 89.3 Å². The normalized spacial score (nSPS) is 16.8. The summed E-state index contributed by atoms with van der Waals surface area (Å²) in [5, 5.41) is 11.7. The number of fused-ring (bicyclic) bond motifs is 1. The van der Waals surface area contributed by atoms with Gasteiger partial charge in [0, 0.05) is 6.20 Å². The van der Waals surface area contributed by atoms with Crippen LogP contribution < -0.4 is 9.47 Å². The summed E-state index contributed by atoms with van der Waals surface area (Å²) < 4.78 is 19.1. The number of pyridine rings is 1. The van der Waals surface area contributed by atoms with Gasteiger partial charge in [-0.25, -0.2) is 4.98 Å². The molecule has 0 radical (unpaired) electrons. The van der Waals surface area contributed by atoms with Crippen molar-refractivity contribution in [3.8, 4) is 11.5 Å². The number of aliphatic hydroxyl groups excluding tert-OH is 1. The molecule has 1 fully saturated rings. The number of amides is 1. The van der Waals surface area contributed by atoms with Gasteiger partial charge in [0.1, 0.15) is 17.1 Å². The monoisotopic (exact) mass is 543 g/mol. The molecule has 1 aliphatic rings. The molecule has 1 aliphatic heterocycles. The lowest BCUT2D eigenvalue weighted by atomic mass is 9.95. The lowest BCUT2D eigenvalue weighted by Crippen LogP contribution is -2.29. The molecule has 9 nitrogen and oxygen atoms in total. The van der Waals surface area contributed by atoms with Crippen molar-refractivity contribution < 1.29 is 28.6 Å². The number of carbonyl (C=O) groups excluding carboxylic acids is 2. The first kappa shape index (κ1) is 27.1. The van der Waals surface area contributed by atoms with Crippen LogP contribution in [0.5, 0.6) is 11.5 Å². The second-order valence-electron chi connectivity index (χ2n) is 10.2. The van der Waals surface area contributed by atoms with Gasteiger partial charge in [-0.2, -0.15) is 0 Å². The number of imidazole rings is 1. The Morgan fingerprint density at radius 3 is 2.65 bits per heavy atom. The second-order valence-corrected chi connectivity index (χ2v) is 10.2. The summed E-state index contributed by atoms with van der Waals surface area (Å²) >= 11 is 0. The number of benzene rings is 1. The number of aliphatic hydroxyl groups is 1. The van der Waals surface area contributed by atoms with E-state index >= 15 is 0 Å². The van der Waals surface area contributed by atoms with Gasteiger partial charge in [0.05, 0.1) is 43.3 Å². The zero-order chi connectivity index (χ0) is 28.4. The van der Waals surface area contributed by atoms with E-state index in [1.807, 2.05) is 25.1 Å². The zero-order valence-corrected chi connectivity index (χ0v) is 23.1. The fraction of sp³-hybridized carbons (Fsp3) is 0.323. The highest BCUT2D eigenvalue weighted by Gasteiger charge is 2.47. The summed E-state index contributed by atoms with van der Waals surface area (Å²) in [5.41, 5.74) is 2.07. The number of hydrogen-bond acceptors (Lipinski definition) is 7. The lowest BCUT2D eigenvalue weighted by molar-refractivity contribution is -0.140. The summed E-state index contributed by atoms with van der Waals surface area (Å²) in [6, 6.07) is 13.4. The third kappa shape index (κ3) is 5.06. The van der Waals surface area contributed by atoms with Gasteiger partial charge in [-0.05, 0) is 68.1 Å². The van der Waals surface area contributed by atoms with Crippen LogP contribution in [0.3, 0.4) is 0 Å². The molecule has 0 saturated carbocycles. The van der Waals surface area contributed by atoms with E-state index in [0.717, 1.165) is 6.42 Å². The predicted octanol–water partition coefficient (Wildman–Crippen LogP) is 5.68. The Morgan fingerprint density at radius 2 is 1.93 bits per heavy atom. The van der Waals surface area contributed by atoms with Crippen LogP contribution in [-0.4, -0.2) is 44.3 Å². The topological polar surface area (TPSA) is 107 Å². The quantitative estimate of drug-likeness (QED) is 0.156. The van der Waals surface area contributed by atoms with Crippen LogP contribution in [0.4, 0.5) is 0 Å². The molecule has 1 saturated heterocycles. The third-order valence-electron chi connectivity index (χ3n) is 6.91. The minimum atomic E-state index is -0.900. The Balaban J connectivity index is 1.65. The molecule has 0 bridgehead atoms. The SMILES string of the molecule is CCOc1cc(C2C(=C(O)c3c(C)nc4ccccn34)C(=O)C(=O)N2Cc2ccco2)ccc1OCCC(C)C. The number of rotatable bonds is 10. The average Bonchev–Trinajstić information content (AvgIpc) is 3.62. The predicted molar refractivity (Wildman–Crippen MR) is 149 cm³/mol. The van der Waals surface area contributed by atoms with Crippen LogP contribution in [-0.2, 0) is 16.1 Å². The minimum Gasteiger partial charge on any atom is -0.505 e. The molecule has 4 heterocycles. The van der Waals surface area contributed by atoms with Crippen molar-refractivity contribution in [1.82, 2.24) is 14.3 Å². The Morgan fingerprint density at radius 1 is 1.10 bits per heavy atom. The number of furan rings is 1. The van der Waals surface area contributed by atoms with Crippen molar-refractivity contribution in [2.24, 2.45) is 5.92 Å². The van der Waals surface area contributed by atoms with Gasteiger partial charge in [-0.1, -0.05) is 26.0 Å². The number of likely N-dealkylation sites (tertiary alicyclic amines) is 1. The molecule has 0 spiro atoms. The number of ketones is 1. The summed E-state index contributed by atoms with van der Waals surface area (Å²) in [6.07, 6.45) is 4.16. The van der Waals surface area contributed by atoms with Crippen LogP contribution in [0.1, 0.15) is 55.9 Å². The van der Waals surface area contributed by atoms with Gasteiger partial charge in [0.2, 0.25) is 0 Å². The van der Waals surface area contributed by atoms with E-state index in [9.17, 15) is 14.7 Å². The Hall–Kier alpha value is -4.53. The van der Waals surface area contributed by atoms with E-state index in [1.54, 1.807) is 47.9 Å². The van der Waals surface area contributed by atoms with Gasteiger partial charge in [-0.3, -0.25) is 14.0 Å². The molecular weight excluding hydrogens is 510 g/mol. The standard InChI is InChI=1S/C31H33N3O6/c1-5-38-24-17-21(11-12-23(24)40-16-13-19(2)3)28-26(30(36)31(37)34(28)18-22-9-8-15-39-22)29(35)27-20(4)32-25-10-6-7-14-33(25)27/h6-12,14-15,17,19,28,35H,5,13,16,18H2,1-4H3. The summed E-state index contributed by atoms with van der Waals surface area (Å²) in [4.78, 5) is 32.9. The van der Waals surface area contributed by atoms with Gasteiger partial charge >= 0.3 is 0 Å². The van der Waals surface area contributed by atoms with Crippen molar-refractivity contribution in [2.45, 2.75) is 46.7 Å². The second kappa shape index (κ2) is 11.3. The number of Topliss-reactive ketones (excluding diaryl/α,β-unsaturated/α-hetero) is 1. The van der Waals surface area contributed by atoms with Crippen LogP contribution in [0.25, 0.3) is 11.4 Å². The van der Waals surface area contributed by atoms with E-state index in [-0.39, 0.29) is 17.9 Å². The molecule has 1 atom stereocenters. The molecular formula is C31H33N3O6. The first-order chi connectivity index (χ1) is 19.3. The van der Waals surface area contributed by atoms with Gasteiger partial charge in [0.25, 0.3) is 11.7 Å². The van der Waals surface area contributed by atoms with E-state index < -0.39 is 17.7 Å². The molecule has 40 heavy (non-hydrogen) atoms. The summed E-state index contributed by atoms with van der Waals surface area (Å²) in [5.74, 6) is 0.261. The number of hydrogen-bond donors (Lipinski definition) is 1. The van der Waals surface area contributed by atoms with Crippen molar-refractivity contribution in [3.63, 3.8) is 0 Å². The fourth-order valence-corrected chi connectivity index (χ4v) is 4.97. The highest BCUT2D eigenvalue weighted by Crippen LogP contribution is 2.43. The van der Waals surface area contributed by atoms with Gasteiger partial charge < -0.3 is 23.9 Å². The maximum atomic E-state index is 13.6. The largest absolute Gasteiger partial charge is 0.505 e. The molecule has 5 rings (SSSR count). The molecule has 208 valence electrons. The number of aryl methyl sites for hydroxylation is 1. The summed E-state index contributed by atoms with van der Waals surface area (Å²) in [7, 11) is 0. The summed E-state index contributed by atoms with van der Waals surface area (Å²) in [6.45, 7) is 8.86. The first-order valence-electron chi connectivity index (χ1n) is 13.4. The highest BCUT2D eigenvalue weighted by atomic mass is 16.5. The molecule has 1 N–H and O–H groups in total. The van der Waals surface area contributed by atoms with Crippen LogP contribution in [0.15, 0.2) is 71.0 Å². The van der Waals surface area contributed by atoms with Crippen molar-refractivity contribution in [2.75, 3.05) is 13.2 Å². The lowest BCUT2D eigenvalue weighted by Gasteiger charge is -2.25. The number of carbonyl (C=O) groups is 2. The number of nitrogens with zero attached hydrogens (tertiary/aromatic N) is 3. The highest BCUT2D eigenvalue weighted by molar-refractivity contribution is 6.46. The smallest absolute Gasteiger partial charge is 0.296 e. The minimum absolute atomic E-state index is 0.0266. The molecule has 1 unspecified atom stereocenters. The van der Waals surface area contributed by atoms with Crippen LogP contribution >= 0.6 is 0 Å². The maximum Gasteiger partial charge on any atom is 0.296 e. The van der Waals surface area contributed by atoms with E-state index in [1.165, 1.54) is 11.2 Å². The number of ether oxygens (including phenoxy) is 2. The van der Waals surface area contributed by atoms with E-state index in [4.69, 9.17) is 13.9 Å². The fourth-order valence-electron chi connectivity index (χ4n) is 4.97. The molecule has 1 aromatic carbocycles. The zero-order valence-electron chi connectivity index (χ0n) is 23.1. The molecule has 4 aromatic rings. The Labute approximate surface area is 232 Å². The maximum absolute atomic E-state index is 13.6. The molecule has 1 amide bonds. The number of aromatic nitrogens is 2. The van der Waals surface area contributed by atoms with Crippen molar-refractivity contribution >= 4 is 23.1 Å². The first-order valence-corrected chi connectivity index (χ1v) is 13.4. The van der Waals surface area contributed by atoms with E-state index in [0.29, 0.717) is 59.0 Å². The third-order valence-corrected chi connectivity index (χ3v) is 6.91. The molecule has 3 aromatic heterocycles. The van der Waals surface area contributed by atoms with Gasteiger partial charge in [-0.15, -0.1) is 0 Å². The van der Waals surface area contributed by atoms with Crippen molar-refractivity contribution in [1.29, 1.82) is 0 Å². The Kier molecular flexibility index (Phi) is 7.64. The van der Waals surface area contributed by atoms with E-state index in [2.05, 4.69) is 18.8 Å². The average molecular weight is 544 g/mol. The van der Waals surface area contributed by atoms with Gasteiger partial charge in [0.15, 0.2) is 17.3 Å². The van der Waals surface area contributed by atoms with Crippen LogP contribution in [0, 0.1) is 12.8 Å². The van der Waals surface area contributed by atoms with Crippen LogP contribution in [0.2, 0.25) is 0 Å². The molecule has 0 aliphatic carbocycles. The molecule has 9 heteroatoms. The Bertz CT molecular complexity index is 1570.